The molecule has 0 bridgehead atoms. The molecule has 1 amide bonds. The van der Waals surface area contributed by atoms with Crippen molar-refractivity contribution in [3.05, 3.63) is 24.2 Å². The van der Waals surface area contributed by atoms with E-state index in [0.29, 0.717) is 25.6 Å². The summed E-state index contributed by atoms with van der Waals surface area (Å²) < 4.78 is 69.1. The molecule has 1 aromatic rings. The lowest BCUT2D eigenvalue weighted by Crippen LogP contribution is -2.68. The third-order valence-corrected chi connectivity index (χ3v) is 6.16. The number of hydrogen-bond donors (Lipinski definition) is 1. The first-order valence-corrected chi connectivity index (χ1v) is 10.6. The van der Waals surface area contributed by atoms with Crippen LogP contribution in [0, 0.1) is 11.8 Å². The summed E-state index contributed by atoms with van der Waals surface area (Å²) in [6.07, 6.45) is -1.99. The van der Waals surface area contributed by atoms with Crippen molar-refractivity contribution in [1.82, 2.24) is 9.80 Å². The summed E-state index contributed by atoms with van der Waals surface area (Å²) in [6.45, 7) is 3.53. The summed E-state index contributed by atoms with van der Waals surface area (Å²) in [5, 5.41) is 7.12. The van der Waals surface area contributed by atoms with Crippen molar-refractivity contribution in [3.63, 3.8) is 0 Å². The number of rotatable bonds is 5. The number of halogens is 5. The van der Waals surface area contributed by atoms with Gasteiger partial charge in [-0.25, -0.2) is 13.6 Å². The van der Waals surface area contributed by atoms with Crippen LogP contribution in [0.4, 0.5) is 22.0 Å². The van der Waals surface area contributed by atoms with E-state index in [-0.39, 0.29) is 24.3 Å². The molecule has 1 aromatic heterocycles. The van der Waals surface area contributed by atoms with Crippen LogP contribution < -0.4 is 0 Å². The van der Waals surface area contributed by atoms with E-state index in [1.165, 1.54) is 0 Å². The Bertz CT molecular complexity index is 806. The highest BCUT2D eigenvalue weighted by Crippen LogP contribution is 2.45. The standard InChI is InChI=1S/C19H26F2N2O3.C2HF3O2/c1-22(10-16-3-2-6-25-16)9-14-4-5-18(26-11-14)12-23(13-18)17(24)15-7-19(20,21)8-15;3-2(4,5)1(6)7/h2-3,6,14-15H,4-5,7-13H2,1H3;(H,6,7). The van der Waals surface area contributed by atoms with Crippen molar-refractivity contribution >= 4 is 11.9 Å². The normalized spacial score (nSPS) is 24.0. The van der Waals surface area contributed by atoms with Crippen LogP contribution in [0.25, 0.3) is 0 Å². The molecule has 12 heteroatoms. The van der Waals surface area contributed by atoms with E-state index in [1.807, 2.05) is 12.1 Å². The molecule has 7 nitrogen and oxygen atoms in total. The summed E-state index contributed by atoms with van der Waals surface area (Å²) >= 11 is 0. The molecule has 1 N–H and O–H groups in total. The van der Waals surface area contributed by atoms with Gasteiger partial charge in [-0.1, -0.05) is 0 Å². The molecule has 3 heterocycles. The van der Waals surface area contributed by atoms with Gasteiger partial charge < -0.3 is 19.2 Å². The Hall–Kier alpha value is -2.21. The summed E-state index contributed by atoms with van der Waals surface area (Å²) in [5.74, 6) is -4.59. The molecule has 2 aliphatic heterocycles. The van der Waals surface area contributed by atoms with Crippen LogP contribution in [0.3, 0.4) is 0 Å². The van der Waals surface area contributed by atoms with Gasteiger partial charge >= 0.3 is 12.1 Å². The molecular formula is C21H27F5N2O5. The van der Waals surface area contributed by atoms with Crippen LogP contribution in [0.2, 0.25) is 0 Å². The molecule has 2 saturated heterocycles. The number of furan rings is 1. The SMILES string of the molecule is CN(Cc1ccco1)CC1CCC2(CN(C(=O)C3CC(F)(F)C3)C2)OC1.O=C(O)C(F)(F)F. The van der Waals surface area contributed by atoms with Gasteiger partial charge in [-0.2, -0.15) is 13.2 Å². The van der Waals surface area contributed by atoms with E-state index in [9.17, 15) is 26.7 Å². The van der Waals surface area contributed by atoms with E-state index >= 15 is 0 Å². The van der Waals surface area contributed by atoms with Crippen LogP contribution in [0.5, 0.6) is 0 Å². The molecule has 1 spiro atoms. The second-order valence-electron chi connectivity index (χ2n) is 9.13. The van der Waals surface area contributed by atoms with Crippen LogP contribution in [-0.2, 0) is 20.9 Å². The van der Waals surface area contributed by atoms with Crippen molar-refractivity contribution in [2.75, 3.05) is 33.3 Å². The first-order chi connectivity index (χ1) is 15.3. The quantitative estimate of drug-likeness (QED) is 0.648. The lowest BCUT2D eigenvalue weighted by molar-refractivity contribution is -0.201. The molecule has 1 aliphatic carbocycles. The summed E-state index contributed by atoms with van der Waals surface area (Å²) in [6, 6.07) is 3.87. The molecular weight excluding hydrogens is 455 g/mol. The zero-order chi connectivity index (χ0) is 24.4. The number of hydrogen-bond acceptors (Lipinski definition) is 5. The van der Waals surface area contributed by atoms with Gasteiger partial charge in [-0.3, -0.25) is 9.69 Å². The Balaban J connectivity index is 0.000000383. The Morgan fingerprint density at radius 1 is 1.27 bits per heavy atom. The van der Waals surface area contributed by atoms with E-state index in [1.54, 1.807) is 11.2 Å². The molecule has 1 saturated carbocycles. The highest BCUT2D eigenvalue weighted by molar-refractivity contribution is 5.81. The van der Waals surface area contributed by atoms with Crippen molar-refractivity contribution < 1.29 is 45.8 Å². The molecule has 186 valence electrons. The van der Waals surface area contributed by atoms with Crippen molar-refractivity contribution in [3.8, 4) is 0 Å². The van der Waals surface area contributed by atoms with Crippen LogP contribution >= 0.6 is 0 Å². The molecule has 3 aliphatic rings. The second-order valence-corrected chi connectivity index (χ2v) is 9.13. The Kier molecular flexibility index (Phi) is 7.37. The topological polar surface area (TPSA) is 83.2 Å². The van der Waals surface area contributed by atoms with Crippen molar-refractivity contribution in [2.45, 2.75) is 49.9 Å². The zero-order valence-electron chi connectivity index (χ0n) is 18.1. The monoisotopic (exact) mass is 482 g/mol. The van der Waals surface area contributed by atoms with Crippen molar-refractivity contribution in [2.24, 2.45) is 11.8 Å². The molecule has 3 fully saturated rings. The zero-order valence-corrected chi connectivity index (χ0v) is 18.1. The molecule has 1 atom stereocenters. The first kappa shape index (κ1) is 25.4. The third-order valence-electron chi connectivity index (χ3n) is 6.16. The average Bonchev–Trinajstić information content (AvgIpc) is 3.17. The smallest absolute Gasteiger partial charge is 0.475 e. The Morgan fingerprint density at radius 3 is 2.36 bits per heavy atom. The molecule has 0 radical (unpaired) electrons. The summed E-state index contributed by atoms with van der Waals surface area (Å²) in [7, 11) is 2.07. The number of carboxylic acid groups (broad SMARTS) is 1. The van der Waals surface area contributed by atoms with Gasteiger partial charge in [0.25, 0.3) is 0 Å². The molecule has 4 rings (SSSR count). The van der Waals surface area contributed by atoms with Crippen molar-refractivity contribution in [1.29, 1.82) is 0 Å². The van der Waals surface area contributed by atoms with Crippen LogP contribution in [-0.4, -0.2) is 77.8 Å². The predicted molar refractivity (Wildman–Crippen MR) is 104 cm³/mol. The number of carbonyl (C=O) groups excluding carboxylic acids is 1. The minimum absolute atomic E-state index is 0.120. The average molecular weight is 482 g/mol. The van der Waals surface area contributed by atoms with Gasteiger partial charge in [0.15, 0.2) is 0 Å². The second kappa shape index (κ2) is 9.57. The van der Waals surface area contributed by atoms with Crippen LogP contribution in [0.15, 0.2) is 22.8 Å². The number of ether oxygens (including phenoxy) is 1. The summed E-state index contributed by atoms with van der Waals surface area (Å²) in [5.41, 5.74) is -0.238. The van der Waals surface area contributed by atoms with Gasteiger partial charge in [0.2, 0.25) is 11.8 Å². The predicted octanol–water partition coefficient (Wildman–Crippen LogP) is 3.40. The fourth-order valence-electron chi connectivity index (χ4n) is 4.38. The maximum Gasteiger partial charge on any atom is 0.490 e. The van der Waals surface area contributed by atoms with Gasteiger partial charge in [-0.05, 0) is 37.9 Å². The fraction of sp³-hybridized carbons (Fsp3) is 0.714. The van der Waals surface area contributed by atoms with E-state index in [2.05, 4.69) is 11.9 Å². The number of carbonyl (C=O) groups is 2. The van der Waals surface area contributed by atoms with Gasteiger partial charge in [-0.15, -0.1) is 0 Å². The van der Waals surface area contributed by atoms with E-state index in [0.717, 1.165) is 31.7 Å². The summed E-state index contributed by atoms with van der Waals surface area (Å²) in [4.78, 5) is 25.0. The van der Waals surface area contributed by atoms with Gasteiger partial charge in [0.05, 0.1) is 32.5 Å². The maximum atomic E-state index is 12.9. The lowest BCUT2D eigenvalue weighted by Gasteiger charge is -2.54. The van der Waals surface area contributed by atoms with Gasteiger partial charge in [0.1, 0.15) is 11.4 Å². The fourth-order valence-corrected chi connectivity index (χ4v) is 4.38. The van der Waals surface area contributed by atoms with E-state index < -0.39 is 24.0 Å². The van der Waals surface area contributed by atoms with Gasteiger partial charge in [0, 0.05) is 25.3 Å². The number of likely N-dealkylation sites (tertiary alicyclic amines) is 1. The molecule has 1 unspecified atom stereocenters. The number of carboxylic acids is 1. The minimum Gasteiger partial charge on any atom is -0.475 e. The van der Waals surface area contributed by atoms with E-state index in [4.69, 9.17) is 19.1 Å². The Morgan fingerprint density at radius 2 is 1.91 bits per heavy atom. The van der Waals surface area contributed by atoms with Crippen LogP contribution in [0.1, 0.15) is 31.4 Å². The molecule has 33 heavy (non-hydrogen) atoms. The number of alkyl halides is 5. The first-order valence-electron chi connectivity index (χ1n) is 10.6. The molecule has 0 aromatic carbocycles. The highest BCUT2D eigenvalue weighted by Gasteiger charge is 2.54. The third kappa shape index (κ3) is 6.66. The number of nitrogens with zero attached hydrogens (tertiary/aromatic N) is 2. The highest BCUT2D eigenvalue weighted by atomic mass is 19.4. The lowest BCUT2D eigenvalue weighted by atomic mass is 9.77. The maximum absolute atomic E-state index is 12.9. The Labute approximate surface area is 187 Å². The number of aliphatic carboxylic acids is 1. The number of amides is 1. The largest absolute Gasteiger partial charge is 0.490 e. The minimum atomic E-state index is -5.08.